The van der Waals surface area contributed by atoms with E-state index in [4.69, 9.17) is 0 Å². The van der Waals surface area contributed by atoms with E-state index in [2.05, 4.69) is 27.7 Å². The molecule has 12 heavy (non-hydrogen) atoms. The fraction of sp³-hybridized carbons (Fsp3) is 1.00. The molecule has 0 heterocycles. The summed E-state index contributed by atoms with van der Waals surface area (Å²) in [7, 11) is 0. The van der Waals surface area contributed by atoms with Crippen LogP contribution in [0.15, 0.2) is 0 Å². The average Bonchev–Trinajstić information content (AvgIpc) is 2.09. The molecule has 0 atom stereocenters. The van der Waals surface area contributed by atoms with Crippen molar-refractivity contribution in [2.24, 2.45) is 5.41 Å². The molecule has 0 saturated heterocycles. The first-order valence-electron chi connectivity index (χ1n) is 5.68. The highest BCUT2D eigenvalue weighted by molar-refractivity contribution is 4.70. The maximum Gasteiger partial charge on any atom is -0.0329 e. The van der Waals surface area contributed by atoms with Crippen LogP contribution in [0.1, 0.15) is 73.6 Å². The Balaban J connectivity index is 0. The predicted molar refractivity (Wildman–Crippen MR) is 59.6 cm³/mol. The molecule has 0 fully saturated rings. The fourth-order valence-corrected chi connectivity index (χ4v) is 1.69. The number of rotatable bonds is 5. The number of hydrogen-bond acceptors (Lipinski definition) is 0. The van der Waals surface area contributed by atoms with Gasteiger partial charge in [0.05, 0.1) is 0 Å². The van der Waals surface area contributed by atoms with E-state index in [0.717, 1.165) is 0 Å². The van der Waals surface area contributed by atoms with E-state index in [1.807, 2.05) is 13.8 Å². The Labute approximate surface area is 79.8 Å². The third-order valence-corrected chi connectivity index (χ3v) is 2.56. The van der Waals surface area contributed by atoms with Crippen LogP contribution in [0.4, 0.5) is 0 Å². The summed E-state index contributed by atoms with van der Waals surface area (Å²) < 4.78 is 0. The van der Waals surface area contributed by atoms with Crippen LogP contribution in [0, 0.1) is 5.41 Å². The summed E-state index contributed by atoms with van der Waals surface area (Å²) in [6.07, 6.45) is 6.82. The largest absolute Gasteiger partial charge is 0.0683 e. The molecule has 0 heteroatoms. The molecule has 0 rings (SSSR count). The summed E-state index contributed by atoms with van der Waals surface area (Å²) in [5, 5.41) is 0. The predicted octanol–water partition coefficient (Wildman–Crippen LogP) is 5.03. The maximum atomic E-state index is 2.42. The molecule has 0 aliphatic carbocycles. The van der Waals surface area contributed by atoms with Crippen molar-refractivity contribution >= 4 is 0 Å². The van der Waals surface area contributed by atoms with Gasteiger partial charge in [-0.15, -0.1) is 0 Å². The summed E-state index contributed by atoms with van der Waals surface area (Å²) in [4.78, 5) is 0. The molecule has 0 aliphatic rings. The van der Waals surface area contributed by atoms with Crippen molar-refractivity contribution in [1.82, 2.24) is 0 Å². The molecule has 0 bridgehead atoms. The van der Waals surface area contributed by atoms with Crippen molar-refractivity contribution in [2.45, 2.75) is 73.6 Å². The van der Waals surface area contributed by atoms with Crippen LogP contribution in [0.5, 0.6) is 0 Å². The van der Waals surface area contributed by atoms with Gasteiger partial charge in [-0.05, 0) is 18.3 Å². The van der Waals surface area contributed by atoms with Crippen molar-refractivity contribution in [1.29, 1.82) is 0 Å². The van der Waals surface area contributed by atoms with Crippen molar-refractivity contribution in [3.05, 3.63) is 0 Å². The van der Waals surface area contributed by atoms with Crippen LogP contribution in [0.25, 0.3) is 0 Å². The Morgan fingerprint density at radius 3 is 1.33 bits per heavy atom. The molecule has 0 unspecified atom stereocenters. The second-order valence-electron chi connectivity index (χ2n) is 3.66. The van der Waals surface area contributed by atoms with Gasteiger partial charge in [0.15, 0.2) is 0 Å². The SMILES string of the molecule is CC.CCCC(C)(CC)CCC. The van der Waals surface area contributed by atoms with Gasteiger partial charge in [0.25, 0.3) is 0 Å². The first-order valence-corrected chi connectivity index (χ1v) is 5.68. The van der Waals surface area contributed by atoms with Gasteiger partial charge in [0.1, 0.15) is 0 Å². The zero-order valence-electron chi connectivity index (χ0n) is 10.0. The summed E-state index contributed by atoms with van der Waals surface area (Å²) in [5.74, 6) is 0. The van der Waals surface area contributed by atoms with E-state index < -0.39 is 0 Å². The van der Waals surface area contributed by atoms with Gasteiger partial charge in [-0.3, -0.25) is 0 Å². The van der Waals surface area contributed by atoms with Gasteiger partial charge in [-0.2, -0.15) is 0 Å². The first-order chi connectivity index (χ1) is 5.68. The molecule has 0 radical (unpaired) electrons. The van der Waals surface area contributed by atoms with Gasteiger partial charge in [-0.1, -0.05) is 60.8 Å². The van der Waals surface area contributed by atoms with Gasteiger partial charge in [-0.25, -0.2) is 0 Å². The molecule has 0 nitrogen and oxygen atoms in total. The van der Waals surface area contributed by atoms with Gasteiger partial charge >= 0.3 is 0 Å². The fourth-order valence-electron chi connectivity index (χ4n) is 1.69. The Kier molecular flexibility index (Phi) is 11.0. The van der Waals surface area contributed by atoms with Crippen molar-refractivity contribution in [2.75, 3.05) is 0 Å². The third-order valence-electron chi connectivity index (χ3n) is 2.56. The first kappa shape index (κ1) is 14.5. The standard InChI is InChI=1S/C10H22.C2H6/c1-5-8-10(4,7-3)9-6-2;1-2/h5-9H2,1-4H3;1-2H3. The Bertz CT molecular complexity index is 68.1. The lowest BCUT2D eigenvalue weighted by Gasteiger charge is -2.27. The normalized spacial score (nSPS) is 10.5. The van der Waals surface area contributed by atoms with E-state index >= 15 is 0 Å². The molecule has 0 N–H and O–H groups in total. The average molecular weight is 172 g/mol. The molecular formula is C12H28. The lowest BCUT2D eigenvalue weighted by Crippen LogP contribution is -2.13. The lowest BCUT2D eigenvalue weighted by molar-refractivity contribution is 0.255. The second-order valence-corrected chi connectivity index (χ2v) is 3.66. The molecule has 0 aromatic carbocycles. The van der Waals surface area contributed by atoms with E-state index in [1.54, 1.807) is 0 Å². The Morgan fingerprint density at radius 2 is 1.17 bits per heavy atom. The molecular weight excluding hydrogens is 144 g/mol. The molecule has 0 saturated carbocycles. The maximum absolute atomic E-state index is 2.42. The zero-order valence-corrected chi connectivity index (χ0v) is 10.0. The zero-order chi connectivity index (χ0) is 10.0. The van der Waals surface area contributed by atoms with E-state index in [-0.39, 0.29) is 0 Å². The Hall–Kier alpha value is 0. The highest BCUT2D eigenvalue weighted by Crippen LogP contribution is 2.32. The quantitative estimate of drug-likeness (QED) is 0.545. The minimum absolute atomic E-state index is 0.642. The molecule has 0 spiro atoms. The molecule has 76 valence electrons. The van der Waals surface area contributed by atoms with E-state index in [9.17, 15) is 0 Å². The highest BCUT2D eigenvalue weighted by Gasteiger charge is 2.18. The summed E-state index contributed by atoms with van der Waals surface area (Å²) >= 11 is 0. The van der Waals surface area contributed by atoms with Crippen LogP contribution in [0.2, 0.25) is 0 Å². The smallest absolute Gasteiger partial charge is 0.0329 e. The third kappa shape index (κ3) is 6.69. The molecule has 0 aromatic heterocycles. The summed E-state index contributed by atoms with van der Waals surface area (Å²) in [6, 6.07) is 0. The van der Waals surface area contributed by atoms with E-state index in [1.165, 1.54) is 32.1 Å². The minimum atomic E-state index is 0.642. The van der Waals surface area contributed by atoms with Crippen molar-refractivity contribution < 1.29 is 0 Å². The van der Waals surface area contributed by atoms with Crippen LogP contribution >= 0.6 is 0 Å². The molecule has 0 amide bonds. The highest BCUT2D eigenvalue weighted by atomic mass is 14.2. The molecule has 0 aromatic rings. The monoisotopic (exact) mass is 172 g/mol. The number of hydrogen-bond donors (Lipinski definition) is 0. The van der Waals surface area contributed by atoms with Gasteiger partial charge < -0.3 is 0 Å². The van der Waals surface area contributed by atoms with Crippen LogP contribution in [-0.4, -0.2) is 0 Å². The van der Waals surface area contributed by atoms with Crippen LogP contribution in [0.3, 0.4) is 0 Å². The van der Waals surface area contributed by atoms with Crippen LogP contribution in [-0.2, 0) is 0 Å². The van der Waals surface area contributed by atoms with Crippen molar-refractivity contribution in [3.8, 4) is 0 Å². The van der Waals surface area contributed by atoms with Gasteiger partial charge in [0, 0.05) is 0 Å². The summed E-state index contributed by atoms with van der Waals surface area (Å²) in [6.45, 7) is 13.3. The summed E-state index contributed by atoms with van der Waals surface area (Å²) in [5.41, 5.74) is 0.642. The van der Waals surface area contributed by atoms with E-state index in [0.29, 0.717) is 5.41 Å². The second kappa shape index (κ2) is 9.09. The van der Waals surface area contributed by atoms with Crippen LogP contribution < -0.4 is 0 Å². The van der Waals surface area contributed by atoms with Crippen molar-refractivity contribution in [3.63, 3.8) is 0 Å². The van der Waals surface area contributed by atoms with Gasteiger partial charge in [0.2, 0.25) is 0 Å². The molecule has 0 aliphatic heterocycles. The Morgan fingerprint density at radius 1 is 0.833 bits per heavy atom. The minimum Gasteiger partial charge on any atom is -0.0683 e. The lowest BCUT2D eigenvalue weighted by atomic mass is 9.79. The topological polar surface area (TPSA) is 0 Å².